The van der Waals surface area contributed by atoms with Crippen molar-refractivity contribution < 1.29 is 8.42 Å². The van der Waals surface area contributed by atoms with Gasteiger partial charge < -0.3 is 5.73 Å². The normalized spacial score (nSPS) is 11.6. The minimum absolute atomic E-state index is 0.196. The predicted octanol–water partition coefficient (Wildman–Crippen LogP) is 3.15. The number of benzene rings is 2. The van der Waals surface area contributed by atoms with Gasteiger partial charge in [-0.25, -0.2) is 13.1 Å². The summed E-state index contributed by atoms with van der Waals surface area (Å²) in [5.41, 5.74) is 7.45. The molecule has 0 aliphatic rings. The van der Waals surface area contributed by atoms with Gasteiger partial charge in [0.25, 0.3) is 0 Å². The molecule has 2 aromatic rings. The highest BCUT2D eigenvalue weighted by Gasteiger charge is 2.18. The van der Waals surface area contributed by atoms with Crippen molar-refractivity contribution in [3.63, 3.8) is 0 Å². The smallest absolute Gasteiger partial charge is 0.242 e. The lowest BCUT2D eigenvalue weighted by molar-refractivity contribution is 0.580. The molecule has 0 aliphatic heterocycles. The van der Waals surface area contributed by atoms with E-state index in [1.807, 2.05) is 24.3 Å². The van der Waals surface area contributed by atoms with Crippen molar-refractivity contribution in [2.24, 2.45) is 5.73 Å². The molecule has 0 fully saturated rings. The van der Waals surface area contributed by atoms with Gasteiger partial charge in [-0.15, -0.1) is 0 Å². The van der Waals surface area contributed by atoms with Gasteiger partial charge in [-0.2, -0.15) is 0 Å². The Hall–Kier alpha value is -0.730. The molecule has 4 nitrogen and oxygen atoms in total. The summed E-state index contributed by atoms with van der Waals surface area (Å²) in [6.45, 7) is 0.577. The molecule has 21 heavy (non-hydrogen) atoms. The Kier molecular flexibility index (Phi) is 5.56. The number of sulfonamides is 1. The average Bonchev–Trinajstić information content (AvgIpc) is 2.48. The topological polar surface area (TPSA) is 72.2 Å². The highest BCUT2D eigenvalue weighted by atomic mass is 79.9. The molecule has 0 radical (unpaired) electrons. The van der Waals surface area contributed by atoms with Crippen molar-refractivity contribution >= 4 is 41.9 Å². The Labute approximate surface area is 141 Å². The van der Waals surface area contributed by atoms with Gasteiger partial charge in [0.15, 0.2) is 0 Å². The first kappa shape index (κ1) is 16.6. The summed E-state index contributed by atoms with van der Waals surface area (Å²) in [7, 11) is -3.60. The van der Waals surface area contributed by atoms with E-state index in [9.17, 15) is 8.42 Å². The standard InChI is InChI=1S/C14H14Br2N2O2S/c15-12-5-6-13(16)14(7-12)21(19,20)18-9-11-4-2-1-3-10(11)8-17/h1-7,18H,8-9,17H2. The van der Waals surface area contributed by atoms with Crippen molar-refractivity contribution in [1.82, 2.24) is 4.72 Å². The summed E-state index contributed by atoms with van der Waals surface area (Å²) in [5, 5.41) is 0. The number of hydrogen-bond donors (Lipinski definition) is 2. The molecule has 0 saturated carbocycles. The first-order chi connectivity index (χ1) is 9.94. The van der Waals surface area contributed by atoms with Crippen molar-refractivity contribution in [3.8, 4) is 0 Å². The zero-order valence-electron chi connectivity index (χ0n) is 11.0. The fourth-order valence-corrected chi connectivity index (χ4v) is 4.37. The number of halogens is 2. The average molecular weight is 434 g/mol. The third kappa shape index (κ3) is 4.14. The summed E-state index contributed by atoms with van der Waals surface area (Å²) >= 11 is 6.54. The van der Waals surface area contributed by atoms with Gasteiger partial charge in [0.2, 0.25) is 10.0 Å². The highest BCUT2D eigenvalue weighted by Crippen LogP contribution is 2.25. The zero-order valence-corrected chi connectivity index (χ0v) is 15.0. The monoisotopic (exact) mass is 432 g/mol. The van der Waals surface area contributed by atoms with Gasteiger partial charge in [0.05, 0.1) is 4.90 Å². The molecule has 112 valence electrons. The Morgan fingerprint density at radius 3 is 2.38 bits per heavy atom. The Morgan fingerprint density at radius 2 is 1.71 bits per heavy atom. The number of rotatable bonds is 5. The number of nitrogens with two attached hydrogens (primary N) is 1. The lowest BCUT2D eigenvalue weighted by Gasteiger charge is -2.11. The van der Waals surface area contributed by atoms with Gasteiger partial charge in [0.1, 0.15) is 0 Å². The maximum Gasteiger partial charge on any atom is 0.242 e. The molecule has 0 amide bonds. The lowest BCUT2D eigenvalue weighted by Crippen LogP contribution is -2.24. The molecule has 0 saturated heterocycles. The van der Waals surface area contributed by atoms with Crippen LogP contribution in [0.5, 0.6) is 0 Å². The zero-order chi connectivity index (χ0) is 15.5. The van der Waals surface area contributed by atoms with Crippen molar-refractivity contribution in [3.05, 3.63) is 62.5 Å². The molecule has 0 bridgehead atoms. The van der Waals surface area contributed by atoms with Crippen LogP contribution < -0.4 is 10.5 Å². The van der Waals surface area contributed by atoms with Crippen LogP contribution in [0, 0.1) is 0 Å². The van der Waals surface area contributed by atoms with Crippen LogP contribution in [0.4, 0.5) is 0 Å². The second-order valence-electron chi connectivity index (χ2n) is 4.37. The van der Waals surface area contributed by atoms with E-state index in [1.54, 1.807) is 18.2 Å². The van der Waals surface area contributed by atoms with Gasteiger partial charge in [-0.3, -0.25) is 0 Å². The quantitative estimate of drug-likeness (QED) is 0.760. The van der Waals surface area contributed by atoms with E-state index in [-0.39, 0.29) is 11.4 Å². The van der Waals surface area contributed by atoms with Gasteiger partial charge >= 0.3 is 0 Å². The summed E-state index contributed by atoms with van der Waals surface area (Å²) in [5.74, 6) is 0. The fourth-order valence-electron chi connectivity index (χ4n) is 1.86. The van der Waals surface area contributed by atoms with Gasteiger partial charge in [-0.1, -0.05) is 40.2 Å². The third-order valence-electron chi connectivity index (χ3n) is 2.97. The van der Waals surface area contributed by atoms with Crippen LogP contribution in [0.15, 0.2) is 56.3 Å². The predicted molar refractivity (Wildman–Crippen MR) is 90.2 cm³/mol. The molecule has 0 aliphatic carbocycles. The molecule has 0 unspecified atom stereocenters. The molecule has 2 rings (SSSR count). The second kappa shape index (κ2) is 7.02. The van der Waals surface area contributed by atoms with Gasteiger partial charge in [0, 0.05) is 22.0 Å². The molecular formula is C14H14Br2N2O2S. The van der Waals surface area contributed by atoms with E-state index in [4.69, 9.17) is 5.73 Å². The molecule has 0 heterocycles. The second-order valence-corrected chi connectivity index (χ2v) is 7.88. The van der Waals surface area contributed by atoms with E-state index < -0.39 is 10.0 Å². The van der Waals surface area contributed by atoms with Crippen molar-refractivity contribution in [1.29, 1.82) is 0 Å². The van der Waals surface area contributed by atoms with E-state index in [1.165, 1.54) is 0 Å². The van der Waals surface area contributed by atoms with Crippen LogP contribution >= 0.6 is 31.9 Å². The summed E-state index contributed by atoms with van der Waals surface area (Å²) in [4.78, 5) is 0.196. The van der Waals surface area contributed by atoms with E-state index in [2.05, 4.69) is 36.6 Å². The molecule has 2 aromatic carbocycles. The first-order valence-corrected chi connectivity index (χ1v) is 9.22. The maximum atomic E-state index is 12.4. The van der Waals surface area contributed by atoms with Crippen LogP contribution in [-0.4, -0.2) is 8.42 Å². The number of nitrogens with one attached hydrogen (secondary N) is 1. The molecule has 0 atom stereocenters. The molecule has 0 spiro atoms. The van der Waals surface area contributed by atoms with Crippen LogP contribution in [0.25, 0.3) is 0 Å². The minimum atomic E-state index is -3.60. The lowest BCUT2D eigenvalue weighted by atomic mass is 10.1. The van der Waals surface area contributed by atoms with Crippen molar-refractivity contribution in [2.75, 3.05) is 0 Å². The molecule has 0 aromatic heterocycles. The largest absolute Gasteiger partial charge is 0.326 e. The highest BCUT2D eigenvalue weighted by molar-refractivity contribution is 9.11. The van der Waals surface area contributed by atoms with Crippen molar-refractivity contribution in [2.45, 2.75) is 18.0 Å². The molecule has 7 heteroatoms. The Morgan fingerprint density at radius 1 is 1.05 bits per heavy atom. The van der Waals surface area contributed by atoms with Gasteiger partial charge in [-0.05, 0) is 45.3 Å². The minimum Gasteiger partial charge on any atom is -0.326 e. The van der Waals surface area contributed by atoms with Crippen LogP contribution in [0.1, 0.15) is 11.1 Å². The van der Waals surface area contributed by atoms with E-state index >= 15 is 0 Å². The summed E-state index contributed by atoms with van der Waals surface area (Å²) in [6, 6.07) is 12.5. The molecule has 3 N–H and O–H groups in total. The summed E-state index contributed by atoms with van der Waals surface area (Å²) in [6.07, 6.45) is 0. The fraction of sp³-hybridized carbons (Fsp3) is 0.143. The van der Waals surface area contributed by atoms with E-state index in [0.29, 0.717) is 15.5 Å². The number of hydrogen-bond acceptors (Lipinski definition) is 3. The van der Waals surface area contributed by atoms with E-state index in [0.717, 1.165) is 11.1 Å². The SMILES string of the molecule is NCc1ccccc1CNS(=O)(=O)c1cc(Br)ccc1Br. The van der Waals surface area contributed by atoms with Crippen LogP contribution in [0.2, 0.25) is 0 Å². The molecular weight excluding hydrogens is 420 g/mol. The van der Waals surface area contributed by atoms with Crippen LogP contribution in [0.3, 0.4) is 0 Å². The van der Waals surface area contributed by atoms with Crippen LogP contribution in [-0.2, 0) is 23.1 Å². The first-order valence-electron chi connectivity index (χ1n) is 6.15. The third-order valence-corrected chi connectivity index (χ3v) is 5.86. The Balaban J connectivity index is 2.24. The maximum absolute atomic E-state index is 12.4. The summed E-state index contributed by atoms with van der Waals surface area (Å²) < 4.78 is 28.6. The Bertz CT molecular complexity index is 748.